The van der Waals surface area contributed by atoms with Gasteiger partial charge < -0.3 is 20.3 Å². The summed E-state index contributed by atoms with van der Waals surface area (Å²) in [5.74, 6) is -0.398. The summed E-state index contributed by atoms with van der Waals surface area (Å²) in [6, 6.07) is 49.6. The molecule has 0 bridgehead atoms. The number of hydrogen-bond donors (Lipinski definition) is 3. The van der Waals surface area contributed by atoms with E-state index in [0.29, 0.717) is 5.69 Å². The number of rotatable bonds is 8. The normalized spacial score (nSPS) is 11.3. The lowest BCUT2D eigenvalue weighted by Crippen LogP contribution is -2.12. The molecule has 0 aliphatic carbocycles. The van der Waals surface area contributed by atoms with Gasteiger partial charge in [0.05, 0.1) is 11.1 Å². The zero-order valence-corrected chi connectivity index (χ0v) is 28.1. The summed E-state index contributed by atoms with van der Waals surface area (Å²) >= 11 is 0. The van der Waals surface area contributed by atoms with Crippen molar-refractivity contribution in [1.29, 1.82) is 0 Å². The highest BCUT2D eigenvalue weighted by Gasteiger charge is 2.16. The molecule has 3 N–H and O–H groups in total. The summed E-state index contributed by atoms with van der Waals surface area (Å²) in [7, 11) is 0. The molecule has 8 aromatic rings. The fourth-order valence-electron chi connectivity index (χ4n) is 6.80. The summed E-state index contributed by atoms with van der Waals surface area (Å²) in [4.78, 5) is 19.2. The Bertz CT molecular complexity index is 2450. The lowest BCUT2D eigenvalue weighted by atomic mass is 10.0. The van der Waals surface area contributed by atoms with E-state index < -0.39 is 0 Å². The van der Waals surface area contributed by atoms with Crippen LogP contribution in [-0.4, -0.2) is 16.0 Å². The van der Waals surface area contributed by atoms with E-state index in [9.17, 15) is 9.90 Å². The van der Waals surface area contributed by atoms with Gasteiger partial charge in [-0.25, -0.2) is 0 Å². The van der Waals surface area contributed by atoms with Crippen molar-refractivity contribution in [3.63, 3.8) is 0 Å². The van der Waals surface area contributed by atoms with Gasteiger partial charge in [-0.3, -0.25) is 4.79 Å². The number of aromatic nitrogens is 1. The molecule has 1 aromatic heterocycles. The van der Waals surface area contributed by atoms with Crippen LogP contribution in [0, 0.1) is 13.8 Å². The molecule has 5 nitrogen and oxygen atoms in total. The number of aryl methyl sites for hydroxylation is 4. The summed E-state index contributed by atoms with van der Waals surface area (Å²) in [5.41, 5.74) is 11.1. The van der Waals surface area contributed by atoms with Crippen molar-refractivity contribution in [2.24, 2.45) is 0 Å². The van der Waals surface area contributed by atoms with E-state index in [1.165, 1.54) is 16.7 Å². The second-order valence-corrected chi connectivity index (χ2v) is 13.1. The van der Waals surface area contributed by atoms with Crippen molar-refractivity contribution in [2.75, 3.05) is 10.2 Å². The molecular formula is C45H37N3O2. The number of phenols is 1. The first-order chi connectivity index (χ1) is 24.4. The van der Waals surface area contributed by atoms with Gasteiger partial charge in [-0.05, 0) is 110 Å². The van der Waals surface area contributed by atoms with Crippen LogP contribution >= 0.6 is 0 Å². The molecule has 0 aliphatic rings. The highest BCUT2D eigenvalue weighted by molar-refractivity contribution is 6.18. The monoisotopic (exact) mass is 651 g/mol. The molecule has 8 rings (SSSR count). The first kappa shape index (κ1) is 31.0. The SMILES string of the molecule is Cc1ccc(N(c2ccc(C)cc2)c2ccc(CCc3cccc(NC(=O)c4cc5ccc6c7ccccc7[nH]c6c5cc4O)c3)cc2)cc1. The van der Waals surface area contributed by atoms with Gasteiger partial charge >= 0.3 is 0 Å². The topological polar surface area (TPSA) is 68.4 Å². The molecule has 1 amide bonds. The molecule has 5 heteroatoms. The van der Waals surface area contributed by atoms with Crippen LogP contribution < -0.4 is 10.2 Å². The summed E-state index contributed by atoms with van der Waals surface area (Å²) < 4.78 is 0. The second-order valence-electron chi connectivity index (χ2n) is 13.1. The Morgan fingerprint density at radius 2 is 1.26 bits per heavy atom. The lowest BCUT2D eigenvalue weighted by molar-refractivity contribution is 0.102. The Morgan fingerprint density at radius 1 is 0.620 bits per heavy atom. The van der Waals surface area contributed by atoms with Crippen LogP contribution in [0.4, 0.5) is 22.7 Å². The molecule has 0 spiro atoms. The number of benzene rings is 7. The molecule has 244 valence electrons. The average Bonchev–Trinajstić information content (AvgIpc) is 3.52. The number of aromatic hydroxyl groups is 1. The number of H-pyrrole nitrogens is 1. The van der Waals surface area contributed by atoms with Gasteiger partial charge in [0.2, 0.25) is 0 Å². The fraction of sp³-hybridized carbons (Fsp3) is 0.0889. The number of phenolic OH excluding ortho intramolecular Hbond substituents is 1. The molecule has 0 saturated heterocycles. The van der Waals surface area contributed by atoms with Crippen molar-refractivity contribution >= 4 is 61.2 Å². The predicted molar refractivity (Wildman–Crippen MR) is 207 cm³/mol. The van der Waals surface area contributed by atoms with Crippen LogP contribution in [0.5, 0.6) is 5.75 Å². The number of hydrogen-bond acceptors (Lipinski definition) is 3. The van der Waals surface area contributed by atoms with Crippen molar-refractivity contribution in [3.8, 4) is 5.75 Å². The first-order valence-electron chi connectivity index (χ1n) is 17.0. The van der Waals surface area contributed by atoms with Crippen LogP contribution in [-0.2, 0) is 12.8 Å². The number of para-hydroxylation sites is 1. The quantitative estimate of drug-likeness (QED) is 0.153. The van der Waals surface area contributed by atoms with E-state index in [2.05, 4.69) is 120 Å². The van der Waals surface area contributed by atoms with E-state index in [1.54, 1.807) is 12.1 Å². The third-order valence-electron chi connectivity index (χ3n) is 9.52. The van der Waals surface area contributed by atoms with E-state index >= 15 is 0 Å². The largest absolute Gasteiger partial charge is 0.507 e. The molecule has 0 unspecified atom stereocenters. The zero-order chi connectivity index (χ0) is 34.2. The van der Waals surface area contributed by atoms with Crippen LogP contribution in [0.3, 0.4) is 0 Å². The molecule has 50 heavy (non-hydrogen) atoms. The molecule has 0 atom stereocenters. The van der Waals surface area contributed by atoms with Crippen LogP contribution in [0.25, 0.3) is 32.6 Å². The molecule has 7 aromatic carbocycles. The molecule has 1 heterocycles. The molecule has 0 fully saturated rings. The maximum absolute atomic E-state index is 13.4. The minimum atomic E-state index is -0.347. The van der Waals surface area contributed by atoms with Crippen molar-refractivity contribution in [3.05, 3.63) is 173 Å². The van der Waals surface area contributed by atoms with Crippen molar-refractivity contribution < 1.29 is 9.90 Å². The number of nitrogens with zero attached hydrogens (tertiary/aromatic N) is 1. The van der Waals surface area contributed by atoms with Gasteiger partial charge in [0.15, 0.2) is 0 Å². The molecule has 0 aliphatic heterocycles. The average molecular weight is 652 g/mol. The van der Waals surface area contributed by atoms with Crippen LogP contribution in [0.15, 0.2) is 146 Å². The number of anilines is 4. The molecule has 0 saturated carbocycles. The van der Waals surface area contributed by atoms with E-state index in [4.69, 9.17) is 0 Å². The number of nitrogens with one attached hydrogen (secondary N) is 2. The van der Waals surface area contributed by atoms with Crippen LogP contribution in [0.1, 0.15) is 32.6 Å². The Labute approximate surface area is 291 Å². The Morgan fingerprint density at radius 3 is 1.96 bits per heavy atom. The fourth-order valence-corrected chi connectivity index (χ4v) is 6.80. The predicted octanol–water partition coefficient (Wildman–Crippen LogP) is 11.3. The second kappa shape index (κ2) is 12.9. The summed E-state index contributed by atoms with van der Waals surface area (Å²) in [5, 5.41) is 18.0. The van der Waals surface area contributed by atoms with Crippen molar-refractivity contribution in [1.82, 2.24) is 4.98 Å². The Hall–Kier alpha value is -6.33. The Balaban J connectivity index is 0.971. The Kier molecular flexibility index (Phi) is 8.01. The zero-order valence-electron chi connectivity index (χ0n) is 28.1. The number of amides is 1. The number of carbonyl (C=O) groups excluding carboxylic acids is 1. The smallest absolute Gasteiger partial charge is 0.259 e. The maximum Gasteiger partial charge on any atom is 0.259 e. The standard InChI is InChI=1S/C45H37N3O2/c1-29-10-19-35(20-11-29)48(36-21-12-30(2)13-22-36)37-23-16-31(17-24-37)14-15-32-6-5-7-34(26-32)46-45(50)41-27-33-18-25-39-38-8-3-4-9-42(38)47-44(39)40(33)28-43(41)49/h3-13,16-28,47,49H,14-15H2,1-2H3,(H,46,50). The van der Waals surface area contributed by atoms with Gasteiger partial charge in [-0.1, -0.05) is 90.0 Å². The third kappa shape index (κ3) is 6.06. The summed E-state index contributed by atoms with van der Waals surface area (Å²) in [6.45, 7) is 4.21. The number of carbonyl (C=O) groups is 1. The minimum Gasteiger partial charge on any atom is -0.507 e. The molecular weight excluding hydrogens is 615 g/mol. The minimum absolute atomic E-state index is 0.0518. The van der Waals surface area contributed by atoms with E-state index in [0.717, 1.165) is 68.0 Å². The van der Waals surface area contributed by atoms with E-state index in [1.807, 2.05) is 42.5 Å². The van der Waals surface area contributed by atoms with Gasteiger partial charge in [0.1, 0.15) is 5.75 Å². The van der Waals surface area contributed by atoms with E-state index in [-0.39, 0.29) is 17.2 Å². The number of fused-ring (bicyclic) bond motifs is 5. The van der Waals surface area contributed by atoms with Gasteiger partial charge in [0.25, 0.3) is 5.91 Å². The lowest BCUT2D eigenvalue weighted by Gasteiger charge is -2.26. The third-order valence-corrected chi connectivity index (χ3v) is 9.52. The summed E-state index contributed by atoms with van der Waals surface area (Å²) in [6.07, 6.45) is 1.69. The van der Waals surface area contributed by atoms with Crippen molar-refractivity contribution in [2.45, 2.75) is 26.7 Å². The van der Waals surface area contributed by atoms with Gasteiger partial charge in [-0.2, -0.15) is 0 Å². The maximum atomic E-state index is 13.4. The highest BCUT2D eigenvalue weighted by atomic mass is 16.3. The van der Waals surface area contributed by atoms with Gasteiger partial charge in [0, 0.05) is 44.4 Å². The molecule has 0 radical (unpaired) electrons. The van der Waals surface area contributed by atoms with Crippen LogP contribution in [0.2, 0.25) is 0 Å². The van der Waals surface area contributed by atoms with Gasteiger partial charge in [-0.15, -0.1) is 0 Å². The number of aromatic amines is 1. The first-order valence-corrected chi connectivity index (χ1v) is 17.0. The highest BCUT2D eigenvalue weighted by Crippen LogP contribution is 2.36.